The van der Waals surface area contributed by atoms with Gasteiger partial charge >= 0.3 is 0 Å². The first-order valence-electron chi connectivity index (χ1n) is 8.08. The first-order valence-corrected chi connectivity index (χ1v) is 9.20. The highest BCUT2D eigenvalue weighted by atomic mass is 79.9. The van der Waals surface area contributed by atoms with Crippen molar-refractivity contribution in [2.75, 3.05) is 18.5 Å². The van der Waals surface area contributed by atoms with Gasteiger partial charge in [-0.2, -0.15) is 0 Å². The molecule has 0 aromatic rings. The van der Waals surface area contributed by atoms with Gasteiger partial charge in [-0.25, -0.2) is 0 Å². The molecule has 11 nitrogen and oxygen atoms in total. The van der Waals surface area contributed by atoms with Gasteiger partial charge in [0.15, 0.2) is 18.2 Å². The van der Waals surface area contributed by atoms with Crippen LogP contribution in [0.3, 0.4) is 0 Å². The van der Waals surface area contributed by atoms with Crippen molar-refractivity contribution < 1.29 is 55.1 Å². The van der Waals surface area contributed by atoms with E-state index in [-0.39, 0.29) is 11.8 Å². The van der Waals surface area contributed by atoms with Crippen molar-refractivity contribution in [1.29, 1.82) is 0 Å². The van der Waals surface area contributed by atoms with Gasteiger partial charge in [0.1, 0.15) is 42.7 Å². The molecule has 154 valence electrons. The molecule has 0 spiro atoms. The van der Waals surface area contributed by atoms with Crippen molar-refractivity contribution >= 4 is 15.9 Å². The summed E-state index contributed by atoms with van der Waals surface area (Å²) in [5.74, 6) is 0. The summed E-state index contributed by atoms with van der Waals surface area (Å²) in [4.78, 5) is 0. The van der Waals surface area contributed by atoms with E-state index in [9.17, 15) is 40.9 Å². The second-order valence-electron chi connectivity index (χ2n) is 6.35. The molecular formula is C14H25BrO11. The molecule has 2 aliphatic rings. The molecule has 0 aromatic heterocycles. The average Bonchev–Trinajstić information content (AvgIpc) is 2.63. The molecule has 2 rings (SSSR count). The minimum Gasteiger partial charge on any atom is -0.394 e. The number of halogens is 1. The summed E-state index contributed by atoms with van der Waals surface area (Å²) in [6.45, 7) is -1.35. The highest BCUT2D eigenvalue weighted by Crippen LogP contribution is 2.38. The lowest BCUT2D eigenvalue weighted by Crippen LogP contribution is -2.70. The molecular weight excluding hydrogens is 424 g/mol. The molecule has 8 N–H and O–H groups in total. The largest absolute Gasteiger partial charge is 0.394 e. The van der Waals surface area contributed by atoms with Crippen molar-refractivity contribution in [2.45, 2.75) is 67.3 Å². The Kier molecular flexibility index (Phi) is 7.75. The van der Waals surface area contributed by atoms with Crippen molar-refractivity contribution in [3.63, 3.8) is 0 Å². The zero-order chi connectivity index (χ0) is 19.6. The Morgan fingerprint density at radius 2 is 1.38 bits per heavy atom. The van der Waals surface area contributed by atoms with Crippen molar-refractivity contribution in [3.8, 4) is 0 Å². The number of hydrogen-bond acceptors (Lipinski definition) is 11. The van der Waals surface area contributed by atoms with Crippen molar-refractivity contribution in [1.82, 2.24) is 0 Å². The van der Waals surface area contributed by atoms with E-state index in [0.29, 0.717) is 0 Å². The Balaban J connectivity index is 2.28. The van der Waals surface area contributed by atoms with Gasteiger partial charge in [0, 0.05) is 5.33 Å². The Morgan fingerprint density at radius 1 is 0.808 bits per heavy atom. The predicted molar refractivity (Wildman–Crippen MR) is 86.0 cm³/mol. The molecule has 10 atom stereocenters. The topological polar surface area (TPSA) is 190 Å². The van der Waals surface area contributed by atoms with Crippen LogP contribution in [-0.2, 0) is 14.2 Å². The van der Waals surface area contributed by atoms with Crippen LogP contribution >= 0.6 is 15.9 Å². The maximum atomic E-state index is 10.5. The summed E-state index contributed by atoms with van der Waals surface area (Å²) in [5, 5.41) is 79.4. The molecule has 0 saturated carbocycles. The summed E-state index contributed by atoms with van der Waals surface area (Å²) in [7, 11) is 0. The maximum Gasteiger partial charge on any atom is 0.187 e. The molecule has 12 heteroatoms. The first-order chi connectivity index (χ1) is 12.2. The van der Waals surface area contributed by atoms with Crippen molar-refractivity contribution in [3.05, 3.63) is 0 Å². The predicted octanol–water partition coefficient (Wildman–Crippen LogP) is -4.24. The van der Waals surface area contributed by atoms with Gasteiger partial charge in [0.2, 0.25) is 0 Å². The molecule has 2 fully saturated rings. The molecule has 0 bridgehead atoms. The third-order valence-electron chi connectivity index (χ3n) is 4.78. The van der Waals surface area contributed by atoms with E-state index in [2.05, 4.69) is 15.9 Å². The zero-order valence-corrected chi connectivity index (χ0v) is 15.3. The van der Waals surface area contributed by atoms with Crippen LogP contribution in [0.5, 0.6) is 0 Å². The van der Waals surface area contributed by atoms with Crippen LogP contribution in [0.4, 0.5) is 0 Å². The number of ether oxygens (including phenoxy) is 3. The third kappa shape index (κ3) is 3.92. The molecule has 26 heavy (non-hydrogen) atoms. The van der Waals surface area contributed by atoms with E-state index < -0.39 is 74.1 Å². The van der Waals surface area contributed by atoms with Gasteiger partial charge in [-0.05, 0) is 6.42 Å². The van der Waals surface area contributed by atoms with Crippen LogP contribution in [-0.4, -0.2) is 120 Å². The van der Waals surface area contributed by atoms with E-state index in [1.165, 1.54) is 0 Å². The highest BCUT2D eigenvalue weighted by molar-refractivity contribution is 9.09. The molecule has 0 radical (unpaired) electrons. The fourth-order valence-corrected chi connectivity index (χ4v) is 3.76. The van der Waals surface area contributed by atoms with Crippen LogP contribution in [0, 0.1) is 0 Å². The maximum absolute atomic E-state index is 10.5. The summed E-state index contributed by atoms with van der Waals surface area (Å²) in [5.41, 5.74) is -1.98. The van der Waals surface area contributed by atoms with Crippen LogP contribution in [0.15, 0.2) is 0 Å². The SMILES string of the molecule is OC[C@H]1O[C@H](O)[C@@](CCBr)(O[C@H]2O[C@H](CO)[C@@H](O)[C@H](O)[C@@H]2O)[C@@H](O)[C@@H]1O. The zero-order valence-electron chi connectivity index (χ0n) is 13.7. The standard InChI is InChI=1S/C14H25BrO11/c15-2-1-14(11(22)8(19)6(4-17)25-13(14)23)26-12-10(21)9(20)7(18)5(3-16)24-12/h5-13,16-23H,1-4H2/t5-,6-,7-,8-,9+,10+,11+,12-,13+,14+/m1/s1. The van der Waals surface area contributed by atoms with Gasteiger partial charge in [0.05, 0.1) is 13.2 Å². The Bertz CT molecular complexity index is 455. The molecule has 0 aliphatic carbocycles. The third-order valence-corrected chi connectivity index (χ3v) is 5.17. The lowest BCUT2D eigenvalue weighted by atomic mass is 9.84. The monoisotopic (exact) mass is 448 g/mol. The smallest absolute Gasteiger partial charge is 0.187 e. The van der Waals surface area contributed by atoms with Gasteiger partial charge in [0.25, 0.3) is 0 Å². The van der Waals surface area contributed by atoms with Crippen LogP contribution in [0.1, 0.15) is 6.42 Å². The number of alkyl halides is 1. The second-order valence-corrected chi connectivity index (χ2v) is 7.15. The summed E-state index contributed by atoms with van der Waals surface area (Å²) < 4.78 is 15.9. The van der Waals surface area contributed by atoms with Crippen LogP contribution in [0.2, 0.25) is 0 Å². The van der Waals surface area contributed by atoms with E-state index in [0.717, 1.165) is 0 Å². The second kappa shape index (κ2) is 9.03. The fraction of sp³-hybridized carbons (Fsp3) is 1.00. The van der Waals surface area contributed by atoms with E-state index in [4.69, 9.17) is 14.2 Å². The molecule has 2 aliphatic heterocycles. The van der Waals surface area contributed by atoms with E-state index in [1.54, 1.807) is 0 Å². The molecule has 0 aromatic carbocycles. The van der Waals surface area contributed by atoms with Gasteiger partial charge in [-0.15, -0.1) is 0 Å². The minimum absolute atomic E-state index is 0.112. The molecule has 2 heterocycles. The fourth-order valence-electron chi connectivity index (χ4n) is 3.14. The average molecular weight is 449 g/mol. The van der Waals surface area contributed by atoms with E-state index in [1.807, 2.05) is 0 Å². The minimum atomic E-state index is -1.98. The number of aliphatic hydroxyl groups is 8. The Morgan fingerprint density at radius 3 is 1.92 bits per heavy atom. The number of hydrogen-bond donors (Lipinski definition) is 8. The van der Waals surface area contributed by atoms with Gasteiger partial charge < -0.3 is 55.1 Å². The quantitative estimate of drug-likeness (QED) is 0.183. The normalized spacial score (nSPS) is 50.0. The Hall–Kier alpha value is 0.0400. The van der Waals surface area contributed by atoms with Crippen LogP contribution < -0.4 is 0 Å². The number of rotatable bonds is 6. The highest BCUT2D eigenvalue weighted by Gasteiger charge is 2.58. The lowest BCUT2D eigenvalue weighted by molar-refractivity contribution is -0.397. The summed E-state index contributed by atoms with van der Waals surface area (Å²) in [6, 6.07) is 0. The number of aliphatic hydroxyl groups excluding tert-OH is 8. The van der Waals surface area contributed by atoms with Crippen molar-refractivity contribution in [2.24, 2.45) is 0 Å². The van der Waals surface area contributed by atoms with Gasteiger partial charge in [-0.1, -0.05) is 15.9 Å². The molecule has 2 saturated heterocycles. The molecule has 0 unspecified atom stereocenters. The van der Waals surface area contributed by atoms with E-state index >= 15 is 0 Å². The van der Waals surface area contributed by atoms with Gasteiger partial charge in [-0.3, -0.25) is 0 Å². The Labute approximate surface area is 157 Å². The van der Waals surface area contributed by atoms with Crippen LogP contribution in [0.25, 0.3) is 0 Å². The lowest BCUT2D eigenvalue weighted by Gasteiger charge is -2.51. The first kappa shape index (κ1) is 22.3. The molecule has 0 amide bonds. The summed E-state index contributed by atoms with van der Waals surface area (Å²) in [6.07, 6.45) is -14.6. The summed E-state index contributed by atoms with van der Waals surface area (Å²) >= 11 is 3.13.